The molecule has 1 unspecified atom stereocenters. The fourth-order valence-electron chi connectivity index (χ4n) is 1.45. The summed E-state index contributed by atoms with van der Waals surface area (Å²) < 4.78 is 27.3. The van der Waals surface area contributed by atoms with Crippen LogP contribution in [0.2, 0.25) is 0 Å². The molecule has 0 aromatic heterocycles. The fraction of sp³-hybridized carbons (Fsp3) is 0.500. The van der Waals surface area contributed by atoms with E-state index in [1.54, 1.807) is 6.92 Å². The van der Waals surface area contributed by atoms with Crippen molar-refractivity contribution in [3.8, 4) is 0 Å². The number of benzene rings is 1. The van der Waals surface area contributed by atoms with Gasteiger partial charge in [0.1, 0.15) is 11.6 Å². The molecule has 1 amide bonds. The van der Waals surface area contributed by atoms with Crippen molar-refractivity contribution in [1.82, 2.24) is 5.32 Å². The molecule has 3 nitrogen and oxygen atoms in total. The molecule has 112 valence electrons. The van der Waals surface area contributed by atoms with Crippen molar-refractivity contribution in [2.24, 2.45) is 0 Å². The third-order valence-electron chi connectivity index (χ3n) is 3.03. The Kier molecular flexibility index (Phi) is 5.39. The summed E-state index contributed by atoms with van der Waals surface area (Å²) in [7, 11) is 0. The van der Waals surface area contributed by atoms with Crippen LogP contribution in [-0.4, -0.2) is 16.7 Å². The smallest absolute Gasteiger partial charge is 0.233 e. The zero-order valence-electron chi connectivity index (χ0n) is 12.1. The molecule has 20 heavy (non-hydrogen) atoms. The fourth-order valence-corrected chi connectivity index (χ4v) is 2.31. The maximum absolute atomic E-state index is 13.7. The number of nitrogens with one attached hydrogen (secondary N) is 1. The molecule has 6 heteroatoms. The van der Waals surface area contributed by atoms with Gasteiger partial charge < -0.3 is 11.1 Å². The molecule has 0 aliphatic rings. The molecule has 0 fully saturated rings. The van der Waals surface area contributed by atoms with E-state index in [1.807, 2.05) is 20.8 Å². The first-order chi connectivity index (χ1) is 9.16. The summed E-state index contributed by atoms with van der Waals surface area (Å²) in [6.07, 6.45) is 0.765. The summed E-state index contributed by atoms with van der Waals surface area (Å²) in [5.74, 6) is -1.75. The lowest BCUT2D eigenvalue weighted by Gasteiger charge is -2.26. The first kappa shape index (κ1) is 16.8. The summed E-state index contributed by atoms with van der Waals surface area (Å²) in [6.45, 7) is 7.36. The molecule has 0 aliphatic heterocycles. The summed E-state index contributed by atoms with van der Waals surface area (Å²) in [5.41, 5.74) is 5.03. The Morgan fingerprint density at radius 3 is 2.35 bits per heavy atom. The van der Waals surface area contributed by atoms with Gasteiger partial charge in [0.25, 0.3) is 0 Å². The minimum atomic E-state index is -0.748. The van der Waals surface area contributed by atoms with Crippen molar-refractivity contribution in [3.63, 3.8) is 0 Å². The Hall–Kier alpha value is -1.30. The van der Waals surface area contributed by atoms with E-state index in [1.165, 1.54) is 0 Å². The molecular weight excluding hydrogens is 282 g/mol. The van der Waals surface area contributed by atoms with Gasteiger partial charge in [-0.2, -0.15) is 0 Å². The topological polar surface area (TPSA) is 55.1 Å². The summed E-state index contributed by atoms with van der Waals surface area (Å²) >= 11 is 0.847. The number of hydrogen-bond acceptors (Lipinski definition) is 3. The number of anilines is 1. The van der Waals surface area contributed by atoms with E-state index in [4.69, 9.17) is 5.73 Å². The zero-order valence-corrected chi connectivity index (χ0v) is 12.9. The van der Waals surface area contributed by atoms with E-state index < -0.39 is 16.9 Å². The number of nitrogens with two attached hydrogens (primary N) is 1. The van der Waals surface area contributed by atoms with E-state index in [-0.39, 0.29) is 22.0 Å². The highest BCUT2D eigenvalue weighted by molar-refractivity contribution is 8.00. The largest absolute Gasteiger partial charge is 0.399 e. The van der Waals surface area contributed by atoms with E-state index in [0.717, 1.165) is 30.3 Å². The molecule has 0 spiro atoms. The molecule has 1 aromatic carbocycles. The zero-order chi connectivity index (χ0) is 15.5. The number of amides is 1. The molecule has 0 saturated heterocycles. The first-order valence-corrected chi connectivity index (χ1v) is 7.27. The van der Waals surface area contributed by atoms with Gasteiger partial charge in [-0.05, 0) is 39.3 Å². The molecule has 0 radical (unpaired) electrons. The molecule has 1 rings (SSSR count). The number of hydrogen-bond donors (Lipinski definition) is 2. The standard InChI is InChI=1S/C14H20F2N2OS/c1-5-14(3,4)18-13(19)8(2)20-12-10(15)6-9(17)7-11(12)16/h6-8H,5,17H2,1-4H3,(H,18,19). The van der Waals surface area contributed by atoms with Crippen LogP contribution in [0.25, 0.3) is 0 Å². The summed E-state index contributed by atoms with van der Waals surface area (Å²) in [5, 5.41) is 2.24. The second-order valence-corrected chi connectivity index (χ2v) is 6.65. The summed E-state index contributed by atoms with van der Waals surface area (Å²) in [4.78, 5) is 11.8. The lowest BCUT2D eigenvalue weighted by atomic mass is 10.0. The second-order valence-electron chi connectivity index (χ2n) is 5.30. The Labute approximate surface area is 122 Å². The average molecular weight is 302 g/mol. The minimum absolute atomic E-state index is 0.0218. The van der Waals surface area contributed by atoms with Crippen LogP contribution in [0.5, 0.6) is 0 Å². The Bertz CT molecular complexity index is 483. The van der Waals surface area contributed by atoms with Crippen molar-refractivity contribution < 1.29 is 13.6 Å². The van der Waals surface area contributed by atoms with Gasteiger partial charge in [0.2, 0.25) is 5.91 Å². The Balaban J connectivity index is 2.81. The third kappa shape index (κ3) is 4.37. The second kappa shape index (κ2) is 6.43. The number of thioether (sulfide) groups is 1. The van der Waals surface area contributed by atoms with E-state index >= 15 is 0 Å². The maximum Gasteiger partial charge on any atom is 0.233 e. The predicted octanol–water partition coefficient (Wildman–Crippen LogP) is 3.33. The van der Waals surface area contributed by atoms with Gasteiger partial charge in [-0.1, -0.05) is 6.92 Å². The highest BCUT2D eigenvalue weighted by Gasteiger charge is 2.24. The third-order valence-corrected chi connectivity index (χ3v) is 4.22. The van der Waals surface area contributed by atoms with Gasteiger partial charge in [0.15, 0.2) is 0 Å². The van der Waals surface area contributed by atoms with Gasteiger partial charge in [0, 0.05) is 11.2 Å². The molecule has 0 bridgehead atoms. The van der Waals surface area contributed by atoms with Gasteiger partial charge >= 0.3 is 0 Å². The van der Waals surface area contributed by atoms with Crippen molar-refractivity contribution >= 4 is 23.4 Å². The van der Waals surface area contributed by atoms with Gasteiger partial charge in [-0.3, -0.25) is 4.79 Å². The van der Waals surface area contributed by atoms with Crippen molar-refractivity contribution in [1.29, 1.82) is 0 Å². The Morgan fingerprint density at radius 2 is 1.90 bits per heavy atom. The van der Waals surface area contributed by atoms with E-state index in [0.29, 0.717) is 0 Å². The molecule has 0 aliphatic carbocycles. The van der Waals surface area contributed by atoms with Crippen LogP contribution in [0.3, 0.4) is 0 Å². The predicted molar refractivity (Wildman–Crippen MR) is 78.6 cm³/mol. The van der Waals surface area contributed by atoms with Crippen LogP contribution >= 0.6 is 11.8 Å². The monoisotopic (exact) mass is 302 g/mol. The normalized spacial score (nSPS) is 13.1. The highest BCUT2D eigenvalue weighted by Crippen LogP contribution is 2.30. The van der Waals surface area contributed by atoms with Crippen LogP contribution in [0.1, 0.15) is 34.1 Å². The molecule has 0 heterocycles. The molecule has 1 atom stereocenters. The molecule has 1 aromatic rings. The first-order valence-electron chi connectivity index (χ1n) is 6.39. The maximum atomic E-state index is 13.7. The lowest BCUT2D eigenvalue weighted by Crippen LogP contribution is -2.46. The minimum Gasteiger partial charge on any atom is -0.399 e. The lowest BCUT2D eigenvalue weighted by molar-refractivity contribution is -0.121. The van der Waals surface area contributed by atoms with Crippen LogP contribution < -0.4 is 11.1 Å². The van der Waals surface area contributed by atoms with Crippen LogP contribution in [0.4, 0.5) is 14.5 Å². The number of halogens is 2. The van der Waals surface area contributed by atoms with Crippen molar-refractivity contribution in [2.45, 2.75) is 49.8 Å². The van der Waals surface area contributed by atoms with Crippen LogP contribution in [0, 0.1) is 11.6 Å². The number of nitrogen functional groups attached to an aromatic ring is 1. The number of carbonyl (C=O) groups excluding carboxylic acids is 1. The average Bonchev–Trinajstić information content (AvgIpc) is 2.32. The molecule has 3 N–H and O–H groups in total. The number of carbonyl (C=O) groups is 1. The van der Waals surface area contributed by atoms with Gasteiger partial charge in [-0.25, -0.2) is 8.78 Å². The van der Waals surface area contributed by atoms with Crippen molar-refractivity contribution in [3.05, 3.63) is 23.8 Å². The van der Waals surface area contributed by atoms with E-state index in [9.17, 15) is 13.6 Å². The number of rotatable bonds is 5. The SMILES string of the molecule is CCC(C)(C)NC(=O)C(C)Sc1c(F)cc(N)cc1F. The summed E-state index contributed by atoms with van der Waals surface area (Å²) in [6, 6.07) is 2.10. The van der Waals surface area contributed by atoms with Gasteiger partial charge in [-0.15, -0.1) is 11.8 Å². The highest BCUT2D eigenvalue weighted by atomic mass is 32.2. The quantitative estimate of drug-likeness (QED) is 0.648. The van der Waals surface area contributed by atoms with Crippen LogP contribution in [-0.2, 0) is 4.79 Å². The van der Waals surface area contributed by atoms with Crippen molar-refractivity contribution in [2.75, 3.05) is 5.73 Å². The van der Waals surface area contributed by atoms with Gasteiger partial charge in [0.05, 0.1) is 10.1 Å². The molecule has 0 saturated carbocycles. The molecular formula is C14H20F2N2OS. The Morgan fingerprint density at radius 1 is 1.40 bits per heavy atom. The van der Waals surface area contributed by atoms with E-state index in [2.05, 4.69) is 5.32 Å². The van der Waals surface area contributed by atoms with Crippen LogP contribution in [0.15, 0.2) is 17.0 Å².